The quantitative estimate of drug-likeness (QED) is 0.319. The van der Waals surface area contributed by atoms with Gasteiger partial charge in [0.15, 0.2) is 0 Å². The average molecular weight is 440 g/mol. The molecular formula is C28H25NO2S. The summed E-state index contributed by atoms with van der Waals surface area (Å²) in [6.07, 6.45) is 2.11. The highest BCUT2D eigenvalue weighted by Gasteiger charge is 2.31. The molecule has 3 nitrogen and oxygen atoms in total. The van der Waals surface area contributed by atoms with Crippen LogP contribution in [0.5, 0.6) is 5.75 Å². The highest BCUT2D eigenvalue weighted by Crippen LogP contribution is 2.46. The van der Waals surface area contributed by atoms with Crippen molar-refractivity contribution in [1.82, 2.24) is 4.57 Å². The third-order valence-electron chi connectivity index (χ3n) is 5.82. The number of ether oxygens (including phenoxy) is 1. The number of carbonyl (C=O) groups excluding carboxylic acids is 1. The Kier molecular flexibility index (Phi) is 5.18. The van der Waals surface area contributed by atoms with Gasteiger partial charge >= 0.3 is 0 Å². The van der Waals surface area contributed by atoms with Crippen LogP contribution in [0.3, 0.4) is 0 Å². The van der Waals surface area contributed by atoms with Crippen molar-refractivity contribution in [2.24, 2.45) is 0 Å². The van der Waals surface area contributed by atoms with Crippen molar-refractivity contribution in [2.45, 2.75) is 30.0 Å². The van der Waals surface area contributed by atoms with E-state index in [2.05, 4.69) is 48.8 Å². The minimum atomic E-state index is -0.194. The molecule has 160 valence electrons. The van der Waals surface area contributed by atoms with Gasteiger partial charge in [-0.25, -0.2) is 0 Å². The molecule has 0 bridgehead atoms. The molecule has 1 aromatic heterocycles. The lowest BCUT2D eigenvalue weighted by atomic mass is 9.95. The lowest BCUT2D eigenvalue weighted by molar-refractivity contribution is 0.104. The van der Waals surface area contributed by atoms with Crippen LogP contribution in [0.25, 0.3) is 16.5 Å². The number of nitrogens with zero attached hydrogens (tertiary/aromatic N) is 1. The first kappa shape index (κ1) is 20.7. The van der Waals surface area contributed by atoms with Crippen molar-refractivity contribution in [1.29, 1.82) is 0 Å². The number of aromatic nitrogens is 1. The fourth-order valence-electron chi connectivity index (χ4n) is 4.34. The Balaban J connectivity index is 1.65. The van der Waals surface area contributed by atoms with E-state index in [1.54, 1.807) is 18.9 Å². The van der Waals surface area contributed by atoms with Crippen LogP contribution in [0, 0.1) is 0 Å². The maximum Gasteiger partial charge on any atom is 0.209 e. The lowest BCUT2D eigenvalue weighted by Gasteiger charge is -2.29. The van der Waals surface area contributed by atoms with E-state index in [1.807, 2.05) is 54.6 Å². The van der Waals surface area contributed by atoms with Gasteiger partial charge in [-0.05, 0) is 55.3 Å². The molecule has 2 heterocycles. The van der Waals surface area contributed by atoms with Crippen LogP contribution in [-0.4, -0.2) is 22.2 Å². The number of hydrogen-bond donors (Lipinski definition) is 0. The van der Waals surface area contributed by atoms with Crippen molar-refractivity contribution in [3.05, 3.63) is 102 Å². The van der Waals surface area contributed by atoms with Gasteiger partial charge in [-0.2, -0.15) is 0 Å². The molecule has 0 saturated heterocycles. The molecule has 0 unspecified atom stereocenters. The molecule has 4 aromatic rings. The molecule has 0 aliphatic carbocycles. The molecule has 0 atom stereocenters. The number of thioether (sulfide) groups is 1. The first-order chi connectivity index (χ1) is 15.4. The molecule has 0 radical (unpaired) electrons. The van der Waals surface area contributed by atoms with Gasteiger partial charge in [0.2, 0.25) is 5.78 Å². The molecule has 0 saturated carbocycles. The first-order valence-corrected chi connectivity index (χ1v) is 11.5. The van der Waals surface area contributed by atoms with E-state index in [0.29, 0.717) is 12.2 Å². The minimum Gasteiger partial charge on any atom is -0.497 e. The SMILES string of the molecule is COc1ccc2c(c1)SC(C)(C)C=C2C(=O)c1cc2ccccc2n1Cc1ccccc1. The summed E-state index contributed by atoms with van der Waals surface area (Å²) in [6, 6.07) is 26.5. The second-order valence-electron chi connectivity index (χ2n) is 8.61. The number of hydrogen-bond acceptors (Lipinski definition) is 3. The van der Waals surface area contributed by atoms with Gasteiger partial charge in [-0.3, -0.25) is 4.79 Å². The highest BCUT2D eigenvalue weighted by atomic mass is 32.2. The Morgan fingerprint density at radius 2 is 1.72 bits per heavy atom. The summed E-state index contributed by atoms with van der Waals surface area (Å²) < 4.78 is 7.38. The smallest absolute Gasteiger partial charge is 0.209 e. The Morgan fingerprint density at radius 3 is 2.50 bits per heavy atom. The number of fused-ring (bicyclic) bond motifs is 2. The largest absolute Gasteiger partial charge is 0.497 e. The molecule has 3 aromatic carbocycles. The van der Waals surface area contributed by atoms with Crippen LogP contribution in [0.1, 0.15) is 35.5 Å². The normalized spacial score (nSPS) is 14.7. The Morgan fingerprint density at radius 1 is 0.969 bits per heavy atom. The molecule has 1 aliphatic heterocycles. The molecule has 1 aliphatic rings. The van der Waals surface area contributed by atoms with E-state index < -0.39 is 0 Å². The summed E-state index contributed by atoms with van der Waals surface area (Å²) >= 11 is 1.76. The van der Waals surface area contributed by atoms with E-state index in [-0.39, 0.29) is 10.5 Å². The topological polar surface area (TPSA) is 31.2 Å². The van der Waals surface area contributed by atoms with Gasteiger partial charge in [0, 0.05) is 32.7 Å². The van der Waals surface area contributed by atoms with Crippen molar-refractivity contribution in [3.8, 4) is 5.75 Å². The zero-order valence-corrected chi connectivity index (χ0v) is 19.3. The zero-order chi connectivity index (χ0) is 22.3. The molecule has 32 heavy (non-hydrogen) atoms. The molecular weight excluding hydrogens is 414 g/mol. The molecule has 0 N–H and O–H groups in total. The molecule has 0 fully saturated rings. The monoisotopic (exact) mass is 439 g/mol. The third kappa shape index (κ3) is 3.76. The van der Waals surface area contributed by atoms with Crippen LogP contribution in [0.4, 0.5) is 0 Å². The van der Waals surface area contributed by atoms with Gasteiger partial charge in [0.25, 0.3) is 0 Å². The van der Waals surface area contributed by atoms with E-state index in [1.165, 1.54) is 5.56 Å². The fourth-order valence-corrected chi connectivity index (χ4v) is 5.54. The van der Waals surface area contributed by atoms with Crippen LogP contribution in [0.2, 0.25) is 0 Å². The third-order valence-corrected chi connectivity index (χ3v) is 7.02. The zero-order valence-electron chi connectivity index (χ0n) is 18.5. The van der Waals surface area contributed by atoms with Crippen molar-refractivity contribution in [2.75, 3.05) is 7.11 Å². The van der Waals surface area contributed by atoms with Crippen LogP contribution < -0.4 is 4.74 Å². The summed E-state index contributed by atoms with van der Waals surface area (Å²) in [5, 5.41) is 1.08. The van der Waals surface area contributed by atoms with E-state index in [0.717, 1.165) is 32.7 Å². The minimum absolute atomic E-state index is 0.0527. The number of ketones is 1. The maximum atomic E-state index is 14.1. The van der Waals surface area contributed by atoms with Crippen molar-refractivity contribution < 1.29 is 9.53 Å². The predicted molar refractivity (Wildman–Crippen MR) is 133 cm³/mol. The van der Waals surface area contributed by atoms with Crippen LogP contribution in [0.15, 0.2) is 89.8 Å². The van der Waals surface area contributed by atoms with E-state index in [9.17, 15) is 4.79 Å². The molecule has 0 spiro atoms. The lowest BCUT2D eigenvalue weighted by Crippen LogP contribution is -2.20. The van der Waals surface area contributed by atoms with Crippen LogP contribution >= 0.6 is 11.8 Å². The first-order valence-electron chi connectivity index (χ1n) is 10.7. The van der Waals surface area contributed by atoms with Gasteiger partial charge in [-0.15, -0.1) is 11.8 Å². The highest BCUT2D eigenvalue weighted by molar-refractivity contribution is 8.01. The Labute approximate surface area is 192 Å². The summed E-state index contributed by atoms with van der Waals surface area (Å²) in [6.45, 7) is 4.94. The number of carbonyl (C=O) groups is 1. The summed E-state index contributed by atoms with van der Waals surface area (Å²) in [5.74, 6) is 0.857. The number of allylic oxidation sites excluding steroid dienone is 1. The molecule has 4 heteroatoms. The van der Waals surface area contributed by atoms with Gasteiger partial charge < -0.3 is 9.30 Å². The standard InChI is InChI=1S/C28H25NO2S/c1-28(2)17-23(22-14-13-21(31-3)16-26(22)32-28)27(30)25-15-20-11-7-8-12-24(20)29(25)18-19-9-5-4-6-10-19/h4-17H,18H2,1-3H3. The van der Waals surface area contributed by atoms with Gasteiger partial charge in [0.05, 0.1) is 12.8 Å². The number of para-hydroxylation sites is 1. The summed E-state index contributed by atoms with van der Waals surface area (Å²) in [4.78, 5) is 15.1. The number of Topliss-reactive ketones (excluding diaryl/α,β-unsaturated/α-hetero) is 1. The van der Waals surface area contributed by atoms with Gasteiger partial charge in [0.1, 0.15) is 5.75 Å². The van der Waals surface area contributed by atoms with Crippen molar-refractivity contribution in [3.63, 3.8) is 0 Å². The maximum absolute atomic E-state index is 14.1. The molecule has 5 rings (SSSR count). The Bertz CT molecular complexity index is 1350. The van der Waals surface area contributed by atoms with Crippen LogP contribution in [-0.2, 0) is 6.54 Å². The van der Waals surface area contributed by atoms with E-state index >= 15 is 0 Å². The number of rotatable bonds is 5. The number of benzene rings is 3. The predicted octanol–water partition coefficient (Wildman–Crippen LogP) is 6.85. The Hall–Kier alpha value is -3.24. The van der Waals surface area contributed by atoms with Crippen molar-refractivity contribution >= 4 is 34.0 Å². The van der Waals surface area contributed by atoms with E-state index in [4.69, 9.17) is 4.74 Å². The molecule has 0 amide bonds. The average Bonchev–Trinajstić information content (AvgIpc) is 3.16. The number of methoxy groups -OCH3 is 1. The fraction of sp³-hybridized carbons (Fsp3) is 0.179. The second kappa shape index (κ2) is 8.03. The summed E-state index contributed by atoms with van der Waals surface area (Å²) in [5.41, 5.74) is 4.67. The second-order valence-corrected chi connectivity index (χ2v) is 10.3. The summed E-state index contributed by atoms with van der Waals surface area (Å²) in [7, 11) is 1.67. The van der Waals surface area contributed by atoms with Gasteiger partial charge in [-0.1, -0.05) is 54.6 Å².